The van der Waals surface area contributed by atoms with Crippen molar-refractivity contribution in [3.8, 4) is 22.6 Å². The van der Waals surface area contributed by atoms with E-state index in [-0.39, 0.29) is 11.5 Å². The van der Waals surface area contributed by atoms with Crippen LogP contribution in [-0.4, -0.2) is 0 Å². The highest BCUT2D eigenvalue weighted by molar-refractivity contribution is 5.69. The van der Waals surface area contributed by atoms with Crippen LogP contribution in [0.5, 0.6) is 0 Å². The lowest BCUT2D eigenvalue weighted by atomic mass is 10.1. The zero-order valence-corrected chi connectivity index (χ0v) is 10.9. The van der Waals surface area contributed by atoms with E-state index in [1.165, 1.54) is 0 Å². The molecule has 0 aliphatic carbocycles. The summed E-state index contributed by atoms with van der Waals surface area (Å²) in [5, 5.41) is 0. The third kappa shape index (κ3) is 2.70. The van der Waals surface area contributed by atoms with Crippen LogP contribution in [0.3, 0.4) is 0 Å². The zero-order valence-electron chi connectivity index (χ0n) is 10.9. The number of hydrogen-bond donors (Lipinski definition) is 0. The summed E-state index contributed by atoms with van der Waals surface area (Å²) < 4.78 is 45.1. The van der Waals surface area contributed by atoms with E-state index >= 15 is 0 Å². The molecular formula is C17H11F3O. The molecule has 0 aliphatic heterocycles. The average molecular weight is 288 g/mol. The first kappa shape index (κ1) is 13.5. The Morgan fingerprint density at radius 2 is 1.24 bits per heavy atom. The number of benzene rings is 2. The quantitative estimate of drug-likeness (QED) is 0.595. The van der Waals surface area contributed by atoms with Gasteiger partial charge in [-0.15, -0.1) is 0 Å². The molecule has 0 saturated heterocycles. The Labute approximate surface area is 119 Å². The van der Waals surface area contributed by atoms with Crippen molar-refractivity contribution in [1.29, 1.82) is 0 Å². The topological polar surface area (TPSA) is 13.1 Å². The second kappa shape index (κ2) is 5.13. The summed E-state index contributed by atoms with van der Waals surface area (Å²) in [6.07, 6.45) is -4.46. The number of alkyl halides is 3. The average Bonchev–Trinajstić information content (AvgIpc) is 2.94. The van der Waals surface area contributed by atoms with Gasteiger partial charge in [0.2, 0.25) is 0 Å². The maximum atomic E-state index is 13.2. The minimum atomic E-state index is -4.46. The fraction of sp³-hybridized carbons (Fsp3) is 0.0588. The summed E-state index contributed by atoms with van der Waals surface area (Å²) in [6.45, 7) is 0. The molecule has 0 spiro atoms. The highest BCUT2D eigenvalue weighted by Crippen LogP contribution is 2.41. The molecule has 4 heteroatoms. The van der Waals surface area contributed by atoms with Gasteiger partial charge in [-0.1, -0.05) is 60.7 Å². The third-order valence-electron chi connectivity index (χ3n) is 3.13. The fourth-order valence-electron chi connectivity index (χ4n) is 2.15. The van der Waals surface area contributed by atoms with Crippen molar-refractivity contribution >= 4 is 0 Å². The minimum Gasteiger partial charge on any atom is -0.455 e. The molecule has 1 nitrogen and oxygen atoms in total. The second-order valence-electron chi connectivity index (χ2n) is 4.58. The Morgan fingerprint density at radius 3 is 1.76 bits per heavy atom. The normalized spacial score (nSPS) is 11.6. The third-order valence-corrected chi connectivity index (χ3v) is 3.13. The van der Waals surface area contributed by atoms with Gasteiger partial charge in [-0.25, -0.2) is 0 Å². The van der Waals surface area contributed by atoms with Crippen LogP contribution in [0, 0.1) is 0 Å². The molecular weight excluding hydrogens is 277 g/mol. The van der Waals surface area contributed by atoms with E-state index in [9.17, 15) is 13.2 Å². The van der Waals surface area contributed by atoms with Crippen LogP contribution in [0.1, 0.15) is 5.56 Å². The highest BCUT2D eigenvalue weighted by atomic mass is 19.4. The van der Waals surface area contributed by atoms with Crippen LogP contribution in [0.25, 0.3) is 22.6 Å². The van der Waals surface area contributed by atoms with Crippen molar-refractivity contribution in [3.05, 3.63) is 72.3 Å². The monoisotopic (exact) mass is 288 g/mol. The van der Waals surface area contributed by atoms with E-state index in [0.717, 1.165) is 6.07 Å². The molecule has 21 heavy (non-hydrogen) atoms. The van der Waals surface area contributed by atoms with E-state index in [4.69, 9.17) is 4.42 Å². The SMILES string of the molecule is FC(F)(F)c1cc(-c2ccccc2)oc1-c1ccccc1. The van der Waals surface area contributed by atoms with Gasteiger partial charge in [0.15, 0.2) is 0 Å². The Hall–Kier alpha value is -2.49. The summed E-state index contributed by atoms with van der Waals surface area (Å²) in [4.78, 5) is 0. The van der Waals surface area contributed by atoms with Gasteiger partial charge in [0.05, 0.1) is 0 Å². The van der Waals surface area contributed by atoms with Gasteiger partial charge in [0.1, 0.15) is 17.1 Å². The molecule has 0 bridgehead atoms. The van der Waals surface area contributed by atoms with Gasteiger partial charge in [-0.2, -0.15) is 13.2 Å². The van der Waals surface area contributed by atoms with Gasteiger partial charge in [-0.3, -0.25) is 0 Å². The van der Waals surface area contributed by atoms with Crippen LogP contribution in [0.2, 0.25) is 0 Å². The van der Waals surface area contributed by atoms with Crippen LogP contribution in [0.4, 0.5) is 13.2 Å². The largest absolute Gasteiger partial charge is 0.455 e. The maximum absolute atomic E-state index is 13.2. The summed E-state index contributed by atoms with van der Waals surface area (Å²) >= 11 is 0. The molecule has 2 aromatic carbocycles. The summed E-state index contributed by atoms with van der Waals surface area (Å²) in [5.74, 6) is 0.0590. The van der Waals surface area contributed by atoms with Crippen molar-refractivity contribution in [2.24, 2.45) is 0 Å². The molecule has 0 unspecified atom stereocenters. The smallest absolute Gasteiger partial charge is 0.420 e. The van der Waals surface area contributed by atoms with E-state index in [1.54, 1.807) is 60.7 Å². The Bertz CT molecular complexity index is 728. The molecule has 3 aromatic rings. The second-order valence-corrected chi connectivity index (χ2v) is 4.58. The van der Waals surface area contributed by atoms with Gasteiger partial charge in [-0.05, 0) is 6.07 Å². The number of hydrogen-bond acceptors (Lipinski definition) is 1. The number of rotatable bonds is 2. The molecule has 0 saturated carbocycles. The molecule has 1 heterocycles. The minimum absolute atomic E-state index is 0.151. The fourth-order valence-corrected chi connectivity index (χ4v) is 2.15. The van der Waals surface area contributed by atoms with Crippen molar-refractivity contribution in [1.82, 2.24) is 0 Å². The van der Waals surface area contributed by atoms with Crippen molar-refractivity contribution < 1.29 is 17.6 Å². The van der Waals surface area contributed by atoms with E-state index in [0.29, 0.717) is 11.1 Å². The van der Waals surface area contributed by atoms with Crippen molar-refractivity contribution in [2.75, 3.05) is 0 Å². The van der Waals surface area contributed by atoms with E-state index < -0.39 is 11.7 Å². The molecule has 1 aromatic heterocycles. The van der Waals surface area contributed by atoms with Gasteiger partial charge in [0, 0.05) is 11.1 Å². The lowest BCUT2D eigenvalue weighted by molar-refractivity contribution is -0.137. The molecule has 0 N–H and O–H groups in total. The predicted molar refractivity (Wildman–Crippen MR) is 74.6 cm³/mol. The zero-order chi connectivity index (χ0) is 14.9. The lowest BCUT2D eigenvalue weighted by Gasteiger charge is -2.05. The Kier molecular flexibility index (Phi) is 3.29. The first-order valence-corrected chi connectivity index (χ1v) is 6.37. The molecule has 0 radical (unpaired) electrons. The molecule has 0 fully saturated rings. The molecule has 106 valence electrons. The summed E-state index contributed by atoms with van der Waals surface area (Å²) in [7, 11) is 0. The molecule has 0 atom stereocenters. The standard InChI is InChI=1S/C17H11F3O/c18-17(19,20)14-11-15(12-7-3-1-4-8-12)21-16(14)13-9-5-2-6-10-13/h1-11H. The van der Waals surface area contributed by atoms with Gasteiger partial charge >= 0.3 is 6.18 Å². The first-order valence-electron chi connectivity index (χ1n) is 6.37. The molecule has 3 rings (SSSR count). The van der Waals surface area contributed by atoms with Crippen molar-refractivity contribution in [2.45, 2.75) is 6.18 Å². The van der Waals surface area contributed by atoms with Crippen LogP contribution in [-0.2, 0) is 6.18 Å². The predicted octanol–water partition coefficient (Wildman–Crippen LogP) is 5.63. The van der Waals surface area contributed by atoms with Crippen molar-refractivity contribution in [3.63, 3.8) is 0 Å². The first-order chi connectivity index (χ1) is 10.1. The van der Waals surface area contributed by atoms with Gasteiger partial charge < -0.3 is 4.42 Å². The lowest BCUT2D eigenvalue weighted by Crippen LogP contribution is -2.04. The van der Waals surface area contributed by atoms with Gasteiger partial charge in [0.25, 0.3) is 0 Å². The van der Waals surface area contributed by atoms with E-state index in [2.05, 4.69) is 0 Å². The number of halogens is 3. The van der Waals surface area contributed by atoms with Crippen LogP contribution in [0.15, 0.2) is 71.1 Å². The molecule has 0 aliphatic rings. The Balaban J connectivity index is 2.17. The Morgan fingerprint density at radius 1 is 0.714 bits per heavy atom. The molecule has 0 amide bonds. The van der Waals surface area contributed by atoms with Crippen LogP contribution < -0.4 is 0 Å². The maximum Gasteiger partial charge on any atom is 0.420 e. The van der Waals surface area contributed by atoms with E-state index in [1.807, 2.05) is 0 Å². The summed E-state index contributed by atoms with van der Waals surface area (Å²) in [5.41, 5.74) is 0.268. The number of furan rings is 1. The summed E-state index contributed by atoms with van der Waals surface area (Å²) in [6, 6.07) is 18.1. The van der Waals surface area contributed by atoms with Crippen LogP contribution >= 0.6 is 0 Å². The highest BCUT2D eigenvalue weighted by Gasteiger charge is 2.37.